The van der Waals surface area contributed by atoms with Crippen molar-refractivity contribution < 1.29 is 4.92 Å². The zero-order valence-corrected chi connectivity index (χ0v) is 17.7. The van der Waals surface area contributed by atoms with Gasteiger partial charge in [-0.3, -0.25) is 10.1 Å². The van der Waals surface area contributed by atoms with E-state index in [2.05, 4.69) is 5.10 Å². The molecule has 0 saturated carbocycles. The van der Waals surface area contributed by atoms with Crippen LogP contribution in [0.5, 0.6) is 0 Å². The van der Waals surface area contributed by atoms with E-state index >= 15 is 0 Å². The first-order valence-corrected chi connectivity index (χ1v) is 10.0. The summed E-state index contributed by atoms with van der Waals surface area (Å²) in [6.07, 6.45) is 0. The molecule has 0 aliphatic heterocycles. The highest BCUT2D eigenvalue weighted by Crippen LogP contribution is 2.26. The molecule has 0 unspecified atom stereocenters. The summed E-state index contributed by atoms with van der Waals surface area (Å²) in [5.74, 6) is 0.450. The van der Waals surface area contributed by atoms with Gasteiger partial charge in [-0.05, 0) is 30.7 Å². The van der Waals surface area contributed by atoms with E-state index in [1.54, 1.807) is 24.2 Å². The Hall–Kier alpha value is -4.39. The van der Waals surface area contributed by atoms with Crippen molar-refractivity contribution in [2.75, 3.05) is 12.1 Å². The van der Waals surface area contributed by atoms with Gasteiger partial charge in [-0.1, -0.05) is 60.7 Å². The zero-order chi connectivity index (χ0) is 22.5. The van der Waals surface area contributed by atoms with Gasteiger partial charge in [0.1, 0.15) is 0 Å². The minimum Gasteiger partial charge on any atom is -0.258 e. The molecular weight excluding hydrogens is 402 g/mol. The number of non-ortho nitro benzene ring substituents is 1. The molecule has 0 atom stereocenters. The van der Waals surface area contributed by atoms with E-state index in [1.807, 2.05) is 73.7 Å². The van der Waals surface area contributed by atoms with E-state index in [0.717, 1.165) is 28.1 Å². The van der Waals surface area contributed by atoms with Crippen LogP contribution in [0.4, 0.5) is 11.6 Å². The van der Waals surface area contributed by atoms with Gasteiger partial charge >= 0.3 is 0 Å². The Labute approximate surface area is 185 Å². The number of anilines is 1. The van der Waals surface area contributed by atoms with Crippen molar-refractivity contribution in [3.63, 3.8) is 0 Å². The van der Waals surface area contributed by atoms with Crippen molar-refractivity contribution in [1.82, 2.24) is 9.97 Å². The Kier molecular flexibility index (Phi) is 5.98. The smallest absolute Gasteiger partial charge is 0.258 e. The second-order valence-electron chi connectivity index (χ2n) is 7.18. The first-order chi connectivity index (χ1) is 15.5. The number of hydrogen-bond acceptors (Lipinski definition) is 6. The third kappa shape index (κ3) is 4.67. The summed E-state index contributed by atoms with van der Waals surface area (Å²) in [6.45, 7) is 1.84. The topological polar surface area (TPSA) is 84.5 Å². The summed E-state index contributed by atoms with van der Waals surface area (Å²) in [6, 6.07) is 28.1. The Bertz CT molecular complexity index is 1200. The van der Waals surface area contributed by atoms with E-state index in [-0.39, 0.29) is 5.69 Å². The maximum absolute atomic E-state index is 10.9. The third-order valence-electron chi connectivity index (χ3n) is 4.94. The fourth-order valence-electron chi connectivity index (χ4n) is 3.24. The van der Waals surface area contributed by atoms with Crippen LogP contribution < -0.4 is 5.01 Å². The van der Waals surface area contributed by atoms with Crippen LogP contribution in [-0.2, 0) is 0 Å². The summed E-state index contributed by atoms with van der Waals surface area (Å²) < 4.78 is 0. The molecule has 0 N–H and O–H groups in total. The molecule has 0 saturated heterocycles. The Morgan fingerprint density at radius 2 is 1.34 bits per heavy atom. The molecule has 7 heteroatoms. The van der Waals surface area contributed by atoms with E-state index in [9.17, 15) is 10.1 Å². The van der Waals surface area contributed by atoms with Gasteiger partial charge < -0.3 is 0 Å². The third-order valence-corrected chi connectivity index (χ3v) is 4.94. The molecule has 0 spiro atoms. The summed E-state index contributed by atoms with van der Waals surface area (Å²) in [4.78, 5) is 19.9. The Balaban J connectivity index is 1.72. The number of nitro groups is 1. The standard InChI is InChI=1S/C25H21N5O2/c1-18(19-13-15-22(16-14-19)30(31)32)28-29(2)25-26-23(20-9-5-3-6-10-20)17-24(27-25)21-11-7-4-8-12-21/h3-17H,1-2H3. The van der Waals surface area contributed by atoms with Crippen LogP contribution in [0.2, 0.25) is 0 Å². The molecule has 0 bridgehead atoms. The number of hydrogen-bond donors (Lipinski definition) is 0. The van der Waals surface area contributed by atoms with Gasteiger partial charge in [-0.2, -0.15) is 5.10 Å². The SMILES string of the molecule is CC(=NN(C)c1nc(-c2ccccc2)cc(-c2ccccc2)n1)c1ccc([N+](=O)[O-])cc1. The van der Waals surface area contributed by atoms with Gasteiger partial charge in [-0.25, -0.2) is 15.0 Å². The average Bonchev–Trinajstić information content (AvgIpc) is 2.85. The number of rotatable bonds is 6. The molecule has 7 nitrogen and oxygen atoms in total. The van der Waals surface area contributed by atoms with Crippen LogP contribution in [0, 0.1) is 10.1 Å². The number of nitro benzene ring substituents is 1. The molecule has 0 radical (unpaired) electrons. The molecule has 0 aliphatic rings. The first kappa shape index (κ1) is 20.9. The van der Waals surface area contributed by atoms with Gasteiger partial charge in [0.15, 0.2) is 0 Å². The number of aromatic nitrogens is 2. The van der Waals surface area contributed by atoms with Crippen LogP contribution in [0.15, 0.2) is 96.1 Å². The van der Waals surface area contributed by atoms with Crippen LogP contribution in [-0.4, -0.2) is 27.7 Å². The minimum atomic E-state index is -0.420. The van der Waals surface area contributed by atoms with Crippen LogP contribution >= 0.6 is 0 Å². The summed E-state index contributed by atoms with van der Waals surface area (Å²) in [7, 11) is 1.79. The molecule has 1 heterocycles. The van der Waals surface area contributed by atoms with Gasteiger partial charge in [0, 0.05) is 30.3 Å². The lowest BCUT2D eigenvalue weighted by Crippen LogP contribution is -2.16. The summed E-state index contributed by atoms with van der Waals surface area (Å²) in [5, 5.41) is 17.1. The van der Waals surface area contributed by atoms with Crippen molar-refractivity contribution in [3.05, 3.63) is 107 Å². The molecule has 32 heavy (non-hydrogen) atoms. The predicted molar refractivity (Wildman–Crippen MR) is 127 cm³/mol. The summed E-state index contributed by atoms with van der Waals surface area (Å²) in [5.41, 5.74) is 5.08. The quantitative estimate of drug-likeness (QED) is 0.230. The van der Waals surface area contributed by atoms with Crippen LogP contribution in [0.1, 0.15) is 12.5 Å². The fraction of sp³-hybridized carbons (Fsp3) is 0.0800. The van der Waals surface area contributed by atoms with Crippen LogP contribution in [0.3, 0.4) is 0 Å². The second kappa shape index (κ2) is 9.18. The molecular formula is C25H21N5O2. The van der Waals surface area contributed by atoms with Crippen molar-refractivity contribution in [2.24, 2.45) is 5.10 Å². The Morgan fingerprint density at radius 3 is 1.81 bits per heavy atom. The van der Waals surface area contributed by atoms with Crippen LogP contribution in [0.25, 0.3) is 22.5 Å². The highest BCUT2D eigenvalue weighted by molar-refractivity contribution is 5.99. The highest BCUT2D eigenvalue weighted by atomic mass is 16.6. The number of benzene rings is 3. The molecule has 0 fully saturated rings. The lowest BCUT2D eigenvalue weighted by atomic mass is 10.1. The maximum Gasteiger partial charge on any atom is 0.269 e. The number of hydrazone groups is 1. The first-order valence-electron chi connectivity index (χ1n) is 10.0. The molecule has 4 rings (SSSR count). The average molecular weight is 423 g/mol. The Morgan fingerprint density at radius 1 is 0.844 bits per heavy atom. The van der Waals surface area contributed by atoms with E-state index in [1.165, 1.54) is 12.1 Å². The number of nitrogens with zero attached hydrogens (tertiary/aromatic N) is 5. The molecule has 3 aromatic carbocycles. The van der Waals surface area contributed by atoms with Gasteiger partial charge in [0.25, 0.3) is 5.69 Å². The second-order valence-corrected chi connectivity index (χ2v) is 7.18. The maximum atomic E-state index is 10.9. The van der Waals surface area contributed by atoms with E-state index < -0.39 is 4.92 Å². The van der Waals surface area contributed by atoms with Crippen molar-refractivity contribution >= 4 is 17.3 Å². The highest BCUT2D eigenvalue weighted by Gasteiger charge is 2.12. The largest absolute Gasteiger partial charge is 0.269 e. The molecule has 0 aliphatic carbocycles. The van der Waals surface area contributed by atoms with Crippen molar-refractivity contribution in [1.29, 1.82) is 0 Å². The van der Waals surface area contributed by atoms with Gasteiger partial charge in [0.2, 0.25) is 5.95 Å². The van der Waals surface area contributed by atoms with Gasteiger partial charge in [-0.15, -0.1) is 0 Å². The van der Waals surface area contributed by atoms with Gasteiger partial charge in [0.05, 0.1) is 22.0 Å². The van der Waals surface area contributed by atoms with Crippen molar-refractivity contribution in [2.45, 2.75) is 6.92 Å². The minimum absolute atomic E-state index is 0.0429. The molecule has 4 aromatic rings. The fourth-order valence-corrected chi connectivity index (χ4v) is 3.24. The normalized spacial score (nSPS) is 11.2. The molecule has 1 aromatic heterocycles. The lowest BCUT2D eigenvalue weighted by Gasteiger charge is -2.15. The predicted octanol–water partition coefficient (Wildman–Crippen LogP) is 5.58. The van der Waals surface area contributed by atoms with E-state index in [0.29, 0.717) is 11.7 Å². The molecule has 158 valence electrons. The van der Waals surface area contributed by atoms with E-state index in [4.69, 9.17) is 9.97 Å². The zero-order valence-electron chi connectivity index (χ0n) is 17.7. The monoisotopic (exact) mass is 423 g/mol. The lowest BCUT2D eigenvalue weighted by molar-refractivity contribution is -0.384. The van der Waals surface area contributed by atoms with Crippen molar-refractivity contribution in [3.8, 4) is 22.5 Å². The molecule has 0 amide bonds. The summed E-state index contributed by atoms with van der Waals surface area (Å²) >= 11 is 0.